The number of ether oxygens (including phenoxy) is 3. The molecule has 1 saturated heterocycles. The van der Waals surface area contributed by atoms with Crippen LogP contribution in [0.2, 0.25) is 0 Å². The Morgan fingerprint density at radius 2 is 1.83 bits per heavy atom. The Labute approximate surface area is 138 Å². The molecule has 1 aliphatic rings. The summed E-state index contributed by atoms with van der Waals surface area (Å²) in [6.45, 7) is 8.06. The first kappa shape index (κ1) is 17.8. The van der Waals surface area contributed by atoms with E-state index in [1.165, 1.54) is 7.11 Å². The van der Waals surface area contributed by atoms with Gasteiger partial charge in [0.2, 0.25) is 0 Å². The zero-order chi connectivity index (χ0) is 16.7. The molecule has 1 aromatic rings. The molecule has 1 aromatic carbocycles. The van der Waals surface area contributed by atoms with Gasteiger partial charge in [-0.05, 0) is 57.5 Å². The standard InChI is InChI=1S/C18H27NO4/c1-14-12-19(13-15(2)23-14)10-4-5-11-22-17-8-6-16(7-9-17)18(20)21-3/h6-9,14-15H,4-5,10-13H2,1-3H3/t14-,15-/m1/s1. The van der Waals surface area contributed by atoms with Crippen molar-refractivity contribution in [3.63, 3.8) is 0 Å². The van der Waals surface area contributed by atoms with Crippen LogP contribution in [-0.4, -0.2) is 56.4 Å². The molecule has 5 heteroatoms. The molecule has 0 aromatic heterocycles. The SMILES string of the molecule is COC(=O)c1ccc(OCCCCN2C[C@@H](C)O[C@H](C)C2)cc1. The Kier molecular flexibility index (Phi) is 6.86. The van der Waals surface area contributed by atoms with E-state index in [1.807, 2.05) is 0 Å². The van der Waals surface area contributed by atoms with E-state index < -0.39 is 0 Å². The number of carbonyl (C=O) groups is 1. The minimum Gasteiger partial charge on any atom is -0.494 e. The normalized spacial score (nSPS) is 21.9. The fraction of sp³-hybridized carbons (Fsp3) is 0.611. The van der Waals surface area contributed by atoms with E-state index >= 15 is 0 Å². The molecule has 1 heterocycles. The maximum Gasteiger partial charge on any atom is 0.337 e. The monoisotopic (exact) mass is 321 g/mol. The highest BCUT2D eigenvalue weighted by Gasteiger charge is 2.21. The van der Waals surface area contributed by atoms with E-state index in [0.717, 1.165) is 38.2 Å². The third-order valence-electron chi connectivity index (χ3n) is 3.91. The predicted molar refractivity (Wildman–Crippen MR) is 89.0 cm³/mol. The average Bonchev–Trinajstić information content (AvgIpc) is 2.53. The van der Waals surface area contributed by atoms with Gasteiger partial charge in [0.1, 0.15) is 5.75 Å². The number of nitrogens with zero attached hydrogens (tertiary/aromatic N) is 1. The minimum atomic E-state index is -0.328. The van der Waals surface area contributed by atoms with Gasteiger partial charge in [-0.1, -0.05) is 0 Å². The fourth-order valence-corrected chi connectivity index (χ4v) is 2.90. The van der Waals surface area contributed by atoms with Gasteiger partial charge < -0.3 is 14.2 Å². The van der Waals surface area contributed by atoms with Gasteiger partial charge in [0.15, 0.2) is 0 Å². The molecule has 0 radical (unpaired) electrons. The number of rotatable bonds is 7. The first-order valence-electron chi connectivity index (χ1n) is 8.27. The van der Waals surface area contributed by atoms with E-state index in [0.29, 0.717) is 24.4 Å². The molecule has 128 valence electrons. The molecule has 0 spiro atoms. The number of benzene rings is 1. The lowest BCUT2D eigenvalue weighted by molar-refractivity contribution is -0.0682. The summed E-state index contributed by atoms with van der Waals surface area (Å²) in [5, 5.41) is 0. The van der Waals surface area contributed by atoms with Crippen LogP contribution in [0.15, 0.2) is 24.3 Å². The number of morpholine rings is 1. The summed E-state index contributed by atoms with van der Waals surface area (Å²) in [5.74, 6) is 0.455. The van der Waals surface area contributed by atoms with Crippen molar-refractivity contribution in [2.24, 2.45) is 0 Å². The van der Waals surface area contributed by atoms with Crippen LogP contribution in [0.3, 0.4) is 0 Å². The number of hydrogen-bond donors (Lipinski definition) is 0. The van der Waals surface area contributed by atoms with Crippen LogP contribution in [0.5, 0.6) is 5.75 Å². The summed E-state index contributed by atoms with van der Waals surface area (Å²) in [4.78, 5) is 13.8. The topological polar surface area (TPSA) is 48.0 Å². The van der Waals surface area contributed by atoms with Gasteiger partial charge in [-0.25, -0.2) is 4.79 Å². The molecule has 0 amide bonds. The molecular weight excluding hydrogens is 294 g/mol. The Morgan fingerprint density at radius 1 is 1.17 bits per heavy atom. The number of esters is 1. The number of unbranched alkanes of at least 4 members (excludes halogenated alkanes) is 1. The van der Waals surface area contributed by atoms with Crippen LogP contribution in [-0.2, 0) is 9.47 Å². The highest BCUT2D eigenvalue weighted by atomic mass is 16.5. The molecule has 1 aliphatic heterocycles. The van der Waals surface area contributed by atoms with Crippen molar-refractivity contribution in [3.05, 3.63) is 29.8 Å². The highest BCUT2D eigenvalue weighted by molar-refractivity contribution is 5.89. The third-order valence-corrected chi connectivity index (χ3v) is 3.91. The Bertz CT molecular complexity index is 478. The molecule has 0 saturated carbocycles. The average molecular weight is 321 g/mol. The molecule has 1 fully saturated rings. The third kappa shape index (κ3) is 5.84. The first-order valence-corrected chi connectivity index (χ1v) is 8.27. The van der Waals surface area contributed by atoms with Crippen molar-refractivity contribution < 1.29 is 19.0 Å². The van der Waals surface area contributed by atoms with Crippen molar-refractivity contribution in [2.45, 2.75) is 38.9 Å². The van der Waals surface area contributed by atoms with Gasteiger partial charge >= 0.3 is 5.97 Å². The van der Waals surface area contributed by atoms with Crippen LogP contribution in [0.25, 0.3) is 0 Å². The fourth-order valence-electron chi connectivity index (χ4n) is 2.90. The van der Waals surface area contributed by atoms with Gasteiger partial charge in [0.25, 0.3) is 0 Å². The van der Waals surface area contributed by atoms with Gasteiger partial charge in [-0.2, -0.15) is 0 Å². The second kappa shape index (κ2) is 8.89. The maximum atomic E-state index is 11.3. The van der Waals surface area contributed by atoms with E-state index in [9.17, 15) is 4.79 Å². The molecule has 5 nitrogen and oxygen atoms in total. The van der Waals surface area contributed by atoms with Crippen LogP contribution in [0.1, 0.15) is 37.0 Å². The molecule has 23 heavy (non-hydrogen) atoms. The number of hydrogen-bond acceptors (Lipinski definition) is 5. The molecule has 0 bridgehead atoms. The van der Waals surface area contributed by atoms with E-state index in [4.69, 9.17) is 9.47 Å². The predicted octanol–water partition coefficient (Wildman–Crippen LogP) is 2.74. The lowest BCUT2D eigenvalue weighted by Crippen LogP contribution is -2.45. The Morgan fingerprint density at radius 3 is 2.43 bits per heavy atom. The maximum absolute atomic E-state index is 11.3. The molecule has 0 N–H and O–H groups in total. The summed E-state index contributed by atoms with van der Waals surface area (Å²) in [6, 6.07) is 7.05. The lowest BCUT2D eigenvalue weighted by atomic mass is 10.2. The van der Waals surface area contributed by atoms with Crippen molar-refractivity contribution in [1.29, 1.82) is 0 Å². The molecule has 2 atom stereocenters. The van der Waals surface area contributed by atoms with Gasteiger partial charge in [-0.15, -0.1) is 0 Å². The summed E-state index contributed by atoms with van der Waals surface area (Å²) in [7, 11) is 1.38. The smallest absolute Gasteiger partial charge is 0.337 e. The number of carbonyl (C=O) groups excluding carboxylic acids is 1. The van der Waals surface area contributed by atoms with Gasteiger partial charge in [-0.3, -0.25) is 4.90 Å². The van der Waals surface area contributed by atoms with Crippen LogP contribution < -0.4 is 4.74 Å². The van der Waals surface area contributed by atoms with Crippen LogP contribution >= 0.6 is 0 Å². The summed E-state index contributed by atoms with van der Waals surface area (Å²) in [5.41, 5.74) is 0.537. The van der Waals surface area contributed by atoms with Crippen molar-refractivity contribution in [3.8, 4) is 5.75 Å². The van der Waals surface area contributed by atoms with E-state index in [-0.39, 0.29) is 5.97 Å². The molecule has 0 aliphatic carbocycles. The van der Waals surface area contributed by atoms with Crippen molar-refractivity contribution >= 4 is 5.97 Å². The lowest BCUT2D eigenvalue weighted by Gasteiger charge is -2.35. The van der Waals surface area contributed by atoms with Crippen LogP contribution in [0, 0.1) is 0 Å². The van der Waals surface area contributed by atoms with Crippen molar-refractivity contribution in [1.82, 2.24) is 4.90 Å². The van der Waals surface area contributed by atoms with Gasteiger partial charge in [0, 0.05) is 13.1 Å². The summed E-state index contributed by atoms with van der Waals surface area (Å²) >= 11 is 0. The Balaban J connectivity index is 1.63. The molecule has 0 unspecified atom stereocenters. The summed E-state index contributed by atoms with van der Waals surface area (Å²) < 4.78 is 16.1. The van der Waals surface area contributed by atoms with Gasteiger partial charge in [0.05, 0.1) is 31.5 Å². The zero-order valence-electron chi connectivity index (χ0n) is 14.3. The van der Waals surface area contributed by atoms with E-state index in [1.54, 1.807) is 24.3 Å². The van der Waals surface area contributed by atoms with Crippen LogP contribution in [0.4, 0.5) is 0 Å². The largest absolute Gasteiger partial charge is 0.494 e. The first-order chi connectivity index (χ1) is 11.1. The zero-order valence-corrected chi connectivity index (χ0v) is 14.3. The second-order valence-corrected chi connectivity index (χ2v) is 6.09. The quantitative estimate of drug-likeness (QED) is 0.571. The molecule has 2 rings (SSSR count). The Hall–Kier alpha value is -1.59. The summed E-state index contributed by atoms with van der Waals surface area (Å²) in [6.07, 6.45) is 2.77. The van der Waals surface area contributed by atoms with Crippen molar-refractivity contribution in [2.75, 3.05) is 33.4 Å². The van der Waals surface area contributed by atoms with E-state index in [2.05, 4.69) is 23.5 Å². The number of methoxy groups -OCH3 is 1. The second-order valence-electron chi connectivity index (χ2n) is 6.09. The molecular formula is C18H27NO4. The highest BCUT2D eigenvalue weighted by Crippen LogP contribution is 2.14. The minimum absolute atomic E-state index is 0.323.